The molecule has 1 aliphatic carbocycles. The van der Waals surface area contributed by atoms with Crippen molar-refractivity contribution in [3.05, 3.63) is 18.2 Å². The average Bonchev–Trinajstić information content (AvgIpc) is 3.16. The van der Waals surface area contributed by atoms with Crippen LogP contribution in [0.1, 0.15) is 83.2 Å². The summed E-state index contributed by atoms with van der Waals surface area (Å²) in [5.41, 5.74) is 6.00. The van der Waals surface area contributed by atoms with Gasteiger partial charge in [0, 0.05) is 24.7 Å². The molecule has 1 unspecified atom stereocenters. The van der Waals surface area contributed by atoms with Gasteiger partial charge in [-0.25, -0.2) is 18.1 Å². The summed E-state index contributed by atoms with van der Waals surface area (Å²) in [7, 11) is -3.23. The van der Waals surface area contributed by atoms with E-state index in [4.69, 9.17) is 10.8 Å². The molecule has 2 atom stereocenters. The molecule has 0 aromatic carbocycles. The number of aromatic amines is 1. The molecule has 1 heterocycles. The van der Waals surface area contributed by atoms with Crippen molar-refractivity contribution in [2.24, 2.45) is 5.73 Å². The van der Waals surface area contributed by atoms with Crippen LogP contribution in [-0.2, 0) is 26.0 Å². The van der Waals surface area contributed by atoms with Crippen LogP contribution in [0, 0.1) is 0 Å². The number of hydrogen-bond acceptors (Lipinski definition) is 6. The smallest absolute Gasteiger partial charge is 0.320 e. The first-order valence-electron chi connectivity index (χ1n) is 11.2. The highest BCUT2D eigenvalue weighted by Crippen LogP contribution is 2.15. The fraction of sp³-hybridized carbons (Fsp3) is 0.762. The highest BCUT2D eigenvalue weighted by molar-refractivity contribution is 7.89. The van der Waals surface area contributed by atoms with Crippen LogP contribution >= 0.6 is 0 Å². The van der Waals surface area contributed by atoms with E-state index < -0.39 is 28.1 Å². The van der Waals surface area contributed by atoms with Crippen LogP contribution in [0.2, 0.25) is 0 Å². The van der Waals surface area contributed by atoms with E-state index in [-0.39, 0.29) is 18.0 Å². The van der Waals surface area contributed by atoms with Crippen molar-refractivity contribution in [1.82, 2.24) is 14.7 Å². The number of imidazole rings is 1. The Morgan fingerprint density at radius 1 is 1.19 bits per heavy atom. The van der Waals surface area contributed by atoms with Gasteiger partial charge in [-0.2, -0.15) is 0 Å². The van der Waals surface area contributed by atoms with Crippen molar-refractivity contribution in [3.63, 3.8) is 0 Å². The summed E-state index contributed by atoms with van der Waals surface area (Å²) in [5.74, 6) is -0.830. The van der Waals surface area contributed by atoms with E-state index >= 15 is 0 Å². The van der Waals surface area contributed by atoms with Crippen LogP contribution in [0.4, 0.5) is 0 Å². The van der Waals surface area contributed by atoms with Crippen LogP contribution in [0.5, 0.6) is 0 Å². The van der Waals surface area contributed by atoms with Crippen molar-refractivity contribution in [3.8, 4) is 0 Å². The molecule has 10 heteroatoms. The molecule has 0 spiro atoms. The number of nitrogens with one attached hydrogen (secondary N) is 2. The molecule has 1 fully saturated rings. The molecule has 1 aromatic heterocycles. The second kappa shape index (κ2) is 15.1. The number of carboxylic acids is 1. The van der Waals surface area contributed by atoms with Crippen molar-refractivity contribution >= 4 is 21.8 Å². The van der Waals surface area contributed by atoms with Crippen LogP contribution in [0.3, 0.4) is 0 Å². The Bertz CT molecular complexity index is 737. The minimum Gasteiger partial charge on any atom is -0.480 e. The fourth-order valence-corrected chi connectivity index (χ4v) is 4.38. The molecular weight excluding hydrogens is 420 g/mol. The minimum absolute atomic E-state index is 0.0108. The third-order valence-electron chi connectivity index (χ3n) is 5.03. The molecule has 1 saturated carbocycles. The normalized spacial score (nSPS) is 16.5. The number of ketones is 1. The Morgan fingerprint density at radius 3 is 2.19 bits per heavy atom. The first-order valence-corrected chi connectivity index (χ1v) is 12.9. The zero-order chi connectivity index (χ0) is 23.1. The SMILES string of the molecule is CCCCCCCCCCCCS(=O)(=O)NC1CC1=O.N[C@@H](Cc1cnc[nH]1)C(=O)O. The van der Waals surface area contributed by atoms with Crippen LogP contribution in [0.25, 0.3) is 0 Å². The number of nitrogens with zero attached hydrogens (tertiary/aromatic N) is 1. The summed E-state index contributed by atoms with van der Waals surface area (Å²) < 4.78 is 25.6. The number of aliphatic carboxylic acids is 1. The van der Waals surface area contributed by atoms with Crippen molar-refractivity contribution in [1.29, 1.82) is 0 Å². The number of Topliss-reactive ketones (excluding diaryl/α,β-unsaturated/α-hetero) is 1. The molecule has 5 N–H and O–H groups in total. The minimum atomic E-state index is -3.23. The molecule has 9 nitrogen and oxygen atoms in total. The summed E-state index contributed by atoms with van der Waals surface area (Å²) >= 11 is 0. The maximum atomic E-state index is 11.6. The number of rotatable bonds is 16. The number of sulfonamides is 1. The maximum absolute atomic E-state index is 11.6. The topological polar surface area (TPSA) is 155 Å². The predicted octanol–water partition coefficient (Wildman–Crippen LogP) is 2.53. The summed E-state index contributed by atoms with van der Waals surface area (Å²) in [6.07, 6.45) is 15.6. The molecule has 0 saturated heterocycles. The summed E-state index contributed by atoms with van der Waals surface area (Å²) in [4.78, 5) is 27.5. The number of unbranched alkanes of at least 4 members (excludes halogenated alkanes) is 9. The molecular formula is C21H38N4O5S. The van der Waals surface area contributed by atoms with Gasteiger partial charge < -0.3 is 15.8 Å². The van der Waals surface area contributed by atoms with Gasteiger partial charge in [0.25, 0.3) is 0 Å². The van der Waals surface area contributed by atoms with Gasteiger partial charge in [-0.3, -0.25) is 9.59 Å². The number of carbonyl (C=O) groups excluding carboxylic acids is 1. The Labute approximate surface area is 185 Å². The van der Waals surface area contributed by atoms with Crippen molar-refractivity contribution in [2.75, 3.05) is 5.75 Å². The highest BCUT2D eigenvalue weighted by Gasteiger charge is 2.37. The largest absolute Gasteiger partial charge is 0.480 e. The Hall–Kier alpha value is -1.78. The van der Waals surface area contributed by atoms with E-state index in [9.17, 15) is 18.0 Å². The Morgan fingerprint density at radius 2 is 1.74 bits per heavy atom. The van der Waals surface area contributed by atoms with Gasteiger partial charge in [0.2, 0.25) is 10.0 Å². The van der Waals surface area contributed by atoms with Gasteiger partial charge in [-0.1, -0.05) is 64.7 Å². The molecule has 1 aliphatic rings. The summed E-state index contributed by atoms with van der Waals surface area (Å²) in [5, 5.41) is 8.42. The first-order chi connectivity index (χ1) is 14.7. The lowest BCUT2D eigenvalue weighted by Gasteiger charge is -2.04. The van der Waals surface area contributed by atoms with E-state index in [0.29, 0.717) is 12.8 Å². The van der Waals surface area contributed by atoms with E-state index in [1.165, 1.54) is 51.3 Å². The van der Waals surface area contributed by atoms with Crippen LogP contribution in [-0.4, -0.2) is 53.1 Å². The molecule has 178 valence electrons. The highest BCUT2D eigenvalue weighted by atomic mass is 32.2. The van der Waals surface area contributed by atoms with Crippen molar-refractivity contribution < 1.29 is 23.1 Å². The summed E-state index contributed by atoms with van der Waals surface area (Å²) in [6, 6.07) is -1.27. The number of hydrogen-bond donors (Lipinski definition) is 4. The van der Waals surface area contributed by atoms with Gasteiger partial charge in [0.1, 0.15) is 6.04 Å². The number of aromatic nitrogens is 2. The van der Waals surface area contributed by atoms with E-state index in [0.717, 1.165) is 18.5 Å². The molecule has 31 heavy (non-hydrogen) atoms. The number of H-pyrrole nitrogens is 1. The monoisotopic (exact) mass is 458 g/mol. The second-order valence-corrected chi connectivity index (χ2v) is 9.94. The van der Waals surface area contributed by atoms with Crippen molar-refractivity contribution in [2.45, 2.75) is 96.1 Å². The van der Waals surface area contributed by atoms with Gasteiger partial charge >= 0.3 is 5.97 Å². The molecule has 0 aliphatic heterocycles. The third kappa shape index (κ3) is 14.0. The van der Waals surface area contributed by atoms with Crippen LogP contribution in [0.15, 0.2) is 12.5 Å². The quantitative estimate of drug-likeness (QED) is 0.277. The van der Waals surface area contributed by atoms with Gasteiger partial charge in [0.05, 0.1) is 18.1 Å². The number of carbonyl (C=O) groups is 2. The molecule has 1 aromatic rings. The number of carboxylic acid groups (broad SMARTS) is 1. The number of nitrogens with two attached hydrogens (primary N) is 1. The van der Waals surface area contributed by atoms with Gasteiger partial charge in [-0.05, 0) is 6.42 Å². The second-order valence-electron chi connectivity index (χ2n) is 8.07. The molecule has 0 radical (unpaired) electrons. The first kappa shape index (κ1) is 27.3. The lowest BCUT2D eigenvalue weighted by Crippen LogP contribution is -2.32. The van der Waals surface area contributed by atoms with E-state index in [2.05, 4.69) is 21.6 Å². The van der Waals surface area contributed by atoms with Crippen LogP contribution < -0.4 is 10.5 Å². The zero-order valence-electron chi connectivity index (χ0n) is 18.5. The maximum Gasteiger partial charge on any atom is 0.320 e. The zero-order valence-corrected chi connectivity index (χ0v) is 19.3. The average molecular weight is 459 g/mol. The third-order valence-corrected chi connectivity index (χ3v) is 6.50. The summed E-state index contributed by atoms with van der Waals surface area (Å²) in [6.45, 7) is 2.22. The van der Waals surface area contributed by atoms with Gasteiger partial charge in [0.15, 0.2) is 5.78 Å². The molecule has 2 rings (SSSR count). The molecule has 0 bridgehead atoms. The fourth-order valence-electron chi connectivity index (χ4n) is 3.03. The lowest BCUT2D eigenvalue weighted by molar-refractivity contribution is -0.138. The standard InChI is InChI=1S/C15H29NO3S.C6H9N3O2/c1-2-3-4-5-6-7-8-9-10-11-12-20(18,19)16-14-13-15(14)17;7-5(6(10)11)1-4-2-8-3-9-4/h14,16H,2-13H2,1H3;2-3,5H,1,7H2,(H,8,9)(H,10,11)/t;5-/m.0/s1. The predicted molar refractivity (Wildman–Crippen MR) is 120 cm³/mol. The Kier molecular flexibility index (Phi) is 13.3. The van der Waals surface area contributed by atoms with E-state index in [1.807, 2.05) is 0 Å². The van der Waals surface area contributed by atoms with Gasteiger partial charge in [-0.15, -0.1) is 0 Å². The molecule has 0 amide bonds. The van der Waals surface area contributed by atoms with E-state index in [1.54, 1.807) is 6.20 Å². The lowest BCUT2D eigenvalue weighted by atomic mass is 10.1. The Balaban J connectivity index is 0.000000367.